The van der Waals surface area contributed by atoms with Crippen LogP contribution < -0.4 is 15.4 Å². The standard InChI is InChI=1S/C14H20N2O3/c1-3-19-13-5-4-11(8-10(13)2)16-14(17)12-9-18-7-6-15-12/h4-5,8,12,15H,3,6-7,9H2,1-2H3,(H,16,17). The summed E-state index contributed by atoms with van der Waals surface area (Å²) < 4.78 is 10.7. The van der Waals surface area contributed by atoms with E-state index >= 15 is 0 Å². The van der Waals surface area contributed by atoms with Crippen LogP contribution in [0.15, 0.2) is 18.2 Å². The summed E-state index contributed by atoms with van der Waals surface area (Å²) in [5.74, 6) is 0.780. The van der Waals surface area contributed by atoms with Gasteiger partial charge in [-0.2, -0.15) is 0 Å². The molecule has 5 nitrogen and oxygen atoms in total. The molecule has 104 valence electrons. The lowest BCUT2D eigenvalue weighted by Gasteiger charge is -2.23. The van der Waals surface area contributed by atoms with Gasteiger partial charge in [-0.15, -0.1) is 0 Å². The van der Waals surface area contributed by atoms with Gasteiger partial charge >= 0.3 is 0 Å². The van der Waals surface area contributed by atoms with Gasteiger partial charge < -0.3 is 20.1 Å². The molecule has 0 aliphatic carbocycles. The summed E-state index contributed by atoms with van der Waals surface area (Å²) in [6.45, 7) is 6.33. The Bertz CT molecular complexity index is 442. The summed E-state index contributed by atoms with van der Waals surface area (Å²) in [5, 5.41) is 6.01. The minimum Gasteiger partial charge on any atom is -0.494 e. The molecule has 0 radical (unpaired) electrons. The number of morpholine rings is 1. The van der Waals surface area contributed by atoms with Gasteiger partial charge in [0.15, 0.2) is 0 Å². The number of carbonyl (C=O) groups excluding carboxylic acids is 1. The van der Waals surface area contributed by atoms with E-state index in [0.717, 1.165) is 17.0 Å². The highest BCUT2D eigenvalue weighted by molar-refractivity contribution is 5.95. The predicted molar refractivity (Wildman–Crippen MR) is 73.6 cm³/mol. The minimum atomic E-state index is -0.277. The number of hydrogen-bond donors (Lipinski definition) is 2. The molecular weight excluding hydrogens is 244 g/mol. The number of anilines is 1. The lowest BCUT2D eigenvalue weighted by atomic mass is 10.2. The zero-order valence-corrected chi connectivity index (χ0v) is 11.4. The van der Waals surface area contributed by atoms with Crippen molar-refractivity contribution in [1.82, 2.24) is 5.32 Å². The van der Waals surface area contributed by atoms with Gasteiger partial charge in [0.05, 0.1) is 19.8 Å². The Morgan fingerprint density at radius 1 is 1.58 bits per heavy atom. The van der Waals surface area contributed by atoms with E-state index in [-0.39, 0.29) is 11.9 Å². The number of amides is 1. The van der Waals surface area contributed by atoms with Crippen LogP contribution in [0.5, 0.6) is 5.75 Å². The Labute approximate surface area is 113 Å². The number of ether oxygens (including phenoxy) is 2. The van der Waals surface area contributed by atoms with Crippen molar-refractivity contribution in [2.45, 2.75) is 19.9 Å². The van der Waals surface area contributed by atoms with Crippen molar-refractivity contribution in [2.24, 2.45) is 0 Å². The molecule has 0 bridgehead atoms. The zero-order valence-electron chi connectivity index (χ0n) is 11.4. The maximum atomic E-state index is 12.0. The van der Waals surface area contributed by atoms with E-state index in [1.54, 1.807) is 0 Å². The van der Waals surface area contributed by atoms with Crippen LogP contribution in [0.25, 0.3) is 0 Å². The monoisotopic (exact) mass is 264 g/mol. The highest BCUT2D eigenvalue weighted by atomic mass is 16.5. The molecule has 1 atom stereocenters. The zero-order chi connectivity index (χ0) is 13.7. The number of aryl methyl sites for hydroxylation is 1. The molecule has 0 aromatic heterocycles. The summed E-state index contributed by atoms with van der Waals surface area (Å²) >= 11 is 0. The molecule has 1 aliphatic heterocycles. The van der Waals surface area contributed by atoms with Gasteiger partial charge in [0.2, 0.25) is 5.91 Å². The van der Waals surface area contributed by atoms with E-state index < -0.39 is 0 Å². The van der Waals surface area contributed by atoms with Gasteiger partial charge in [0.1, 0.15) is 11.8 Å². The third kappa shape index (κ3) is 3.68. The van der Waals surface area contributed by atoms with Crippen LogP contribution in [0, 0.1) is 6.92 Å². The van der Waals surface area contributed by atoms with Crippen molar-refractivity contribution in [3.8, 4) is 5.75 Å². The number of carbonyl (C=O) groups is 1. The van der Waals surface area contributed by atoms with Crippen LogP contribution in [-0.2, 0) is 9.53 Å². The first-order chi connectivity index (χ1) is 9.20. The van der Waals surface area contributed by atoms with Crippen molar-refractivity contribution in [2.75, 3.05) is 31.7 Å². The van der Waals surface area contributed by atoms with E-state index in [9.17, 15) is 4.79 Å². The number of benzene rings is 1. The molecule has 1 aromatic rings. The average molecular weight is 264 g/mol. The molecule has 0 saturated carbocycles. The Kier molecular flexibility index (Phi) is 4.76. The van der Waals surface area contributed by atoms with Gasteiger partial charge in [-0.25, -0.2) is 0 Å². The van der Waals surface area contributed by atoms with Crippen molar-refractivity contribution < 1.29 is 14.3 Å². The van der Waals surface area contributed by atoms with Crippen LogP contribution in [0.1, 0.15) is 12.5 Å². The number of rotatable bonds is 4. The first-order valence-electron chi connectivity index (χ1n) is 6.56. The first kappa shape index (κ1) is 13.8. The normalized spacial score (nSPS) is 18.9. The maximum Gasteiger partial charge on any atom is 0.243 e. The largest absolute Gasteiger partial charge is 0.494 e. The molecule has 1 unspecified atom stereocenters. The fourth-order valence-electron chi connectivity index (χ4n) is 2.01. The van der Waals surface area contributed by atoms with Crippen molar-refractivity contribution in [3.63, 3.8) is 0 Å². The Morgan fingerprint density at radius 3 is 3.05 bits per heavy atom. The summed E-state index contributed by atoms with van der Waals surface area (Å²) in [6, 6.07) is 5.35. The molecule has 2 N–H and O–H groups in total. The quantitative estimate of drug-likeness (QED) is 0.861. The van der Waals surface area contributed by atoms with E-state index in [1.807, 2.05) is 32.0 Å². The third-order valence-electron chi connectivity index (χ3n) is 2.98. The molecule has 5 heteroatoms. The van der Waals surface area contributed by atoms with Crippen molar-refractivity contribution in [3.05, 3.63) is 23.8 Å². The van der Waals surface area contributed by atoms with Crippen molar-refractivity contribution >= 4 is 11.6 Å². The lowest BCUT2D eigenvalue weighted by Crippen LogP contribution is -2.48. The van der Waals surface area contributed by atoms with E-state index in [0.29, 0.717) is 26.4 Å². The van der Waals surface area contributed by atoms with E-state index in [4.69, 9.17) is 9.47 Å². The highest BCUT2D eigenvalue weighted by Crippen LogP contribution is 2.22. The first-order valence-corrected chi connectivity index (χ1v) is 6.56. The van der Waals surface area contributed by atoms with Crippen molar-refractivity contribution in [1.29, 1.82) is 0 Å². The molecule has 1 aromatic carbocycles. The van der Waals surface area contributed by atoms with E-state index in [1.165, 1.54) is 0 Å². The summed E-state index contributed by atoms with van der Waals surface area (Å²) in [5.41, 5.74) is 1.78. The fourth-order valence-corrected chi connectivity index (χ4v) is 2.01. The molecule has 1 amide bonds. The van der Waals surface area contributed by atoms with Gasteiger partial charge in [-0.1, -0.05) is 0 Å². The van der Waals surface area contributed by atoms with Crippen LogP contribution in [0.2, 0.25) is 0 Å². The maximum absolute atomic E-state index is 12.0. The van der Waals surface area contributed by atoms with Gasteiger partial charge in [-0.3, -0.25) is 4.79 Å². The fraction of sp³-hybridized carbons (Fsp3) is 0.500. The SMILES string of the molecule is CCOc1ccc(NC(=O)C2COCCN2)cc1C. The second kappa shape index (κ2) is 6.54. The molecule has 1 saturated heterocycles. The topological polar surface area (TPSA) is 59.6 Å². The van der Waals surface area contributed by atoms with E-state index in [2.05, 4.69) is 10.6 Å². The average Bonchev–Trinajstić information content (AvgIpc) is 2.43. The van der Waals surface area contributed by atoms with Crippen LogP contribution >= 0.6 is 0 Å². The summed E-state index contributed by atoms with van der Waals surface area (Å²) in [6.07, 6.45) is 0. The highest BCUT2D eigenvalue weighted by Gasteiger charge is 2.21. The van der Waals surface area contributed by atoms with Crippen LogP contribution in [0.3, 0.4) is 0 Å². The smallest absolute Gasteiger partial charge is 0.243 e. The van der Waals surface area contributed by atoms with Gasteiger partial charge in [-0.05, 0) is 37.6 Å². The third-order valence-corrected chi connectivity index (χ3v) is 2.98. The minimum absolute atomic E-state index is 0.0664. The molecule has 2 rings (SSSR count). The Hall–Kier alpha value is -1.59. The molecular formula is C14H20N2O3. The summed E-state index contributed by atoms with van der Waals surface area (Å²) in [4.78, 5) is 12.0. The molecule has 19 heavy (non-hydrogen) atoms. The second-order valence-electron chi connectivity index (χ2n) is 4.48. The second-order valence-corrected chi connectivity index (χ2v) is 4.48. The number of hydrogen-bond acceptors (Lipinski definition) is 4. The van der Waals surface area contributed by atoms with Gasteiger partial charge in [0.25, 0.3) is 0 Å². The Balaban J connectivity index is 1.98. The number of nitrogens with one attached hydrogen (secondary N) is 2. The van der Waals surface area contributed by atoms with Crippen LogP contribution in [-0.4, -0.2) is 38.3 Å². The summed E-state index contributed by atoms with van der Waals surface area (Å²) in [7, 11) is 0. The van der Waals surface area contributed by atoms with Gasteiger partial charge in [0, 0.05) is 12.2 Å². The molecule has 1 fully saturated rings. The molecule has 1 heterocycles. The lowest BCUT2D eigenvalue weighted by molar-refractivity contribution is -0.120. The van der Waals surface area contributed by atoms with Crippen LogP contribution in [0.4, 0.5) is 5.69 Å². The molecule has 1 aliphatic rings. The Morgan fingerprint density at radius 2 is 2.42 bits per heavy atom. The predicted octanol–water partition coefficient (Wildman–Crippen LogP) is 1.32. The molecule has 0 spiro atoms.